The molecule has 218 valence electrons. The summed E-state index contributed by atoms with van der Waals surface area (Å²) in [5.74, 6) is -0.154. The summed E-state index contributed by atoms with van der Waals surface area (Å²) >= 11 is 5.89. The van der Waals surface area contributed by atoms with Gasteiger partial charge in [0.1, 0.15) is 5.75 Å². The van der Waals surface area contributed by atoms with Gasteiger partial charge in [0.2, 0.25) is 0 Å². The third-order valence-electron chi connectivity index (χ3n) is 5.87. The number of amides is 2. The molecule has 2 amide bonds. The van der Waals surface area contributed by atoms with Crippen molar-refractivity contribution in [3.63, 3.8) is 0 Å². The van der Waals surface area contributed by atoms with Gasteiger partial charge in [-0.3, -0.25) is 9.59 Å². The van der Waals surface area contributed by atoms with E-state index in [1.807, 2.05) is 0 Å². The van der Waals surface area contributed by atoms with Gasteiger partial charge in [0.05, 0.1) is 19.9 Å². The molecule has 0 unspecified atom stereocenters. The molecule has 4 aromatic carbocycles. The van der Waals surface area contributed by atoms with E-state index in [1.165, 1.54) is 12.3 Å². The fourth-order valence-corrected chi connectivity index (χ4v) is 3.88. The largest absolute Gasteiger partial charge is 0.497 e. The normalized spacial score (nSPS) is 10.9. The van der Waals surface area contributed by atoms with E-state index in [0.29, 0.717) is 45.5 Å². The van der Waals surface area contributed by atoms with Crippen molar-refractivity contribution in [2.24, 2.45) is 5.10 Å². The molecule has 0 saturated heterocycles. The molecule has 0 fully saturated rings. The Labute approximate surface area is 253 Å². The van der Waals surface area contributed by atoms with Crippen LogP contribution in [0.15, 0.2) is 102 Å². The summed E-state index contributed by atoms with van der Waals surface area (Å²) in [6, 6.07) is 25.1. The van der Waals surface area contributed by atoms with Crippen molar-refractivity contribution in [1.82, 2.24) is 5.43 Å². The third-order valence-corrected chi connectivity index (χ3v) is 6.13. The van der Waals surface area contributed by atoms with Gasteiger partial charge in [-0.2, -0.15) is 5.10 Å². The van der Waals surface area contributed by atoms with E-state index < -0.39 is 11.9 Å². The molecule has 10 heteroatoms. The summed E-state index contributed by atoms with van der Waals surface area (Å²) in [6.07, 6.45) is 4.36. The van der Waals surface area contributed by atoms with Crippen molar-refractivity contribution >= 4 is 47.4 Å². The number of ether oxygens (including phenoxy) is 3. The van der Waals surface area contributed by atoms with Gasteiger partial charge in [0.25, 0.3) is 11.8 Å². The van der Waals surface area contributed by atoms with Gasteiger partial charge in [-0.25, -0.2) is 10.2 Å². The lowest BCUT2D eigenvalue weighted by Gasteiger charge is -2.10. The number of hydrazone groups is 1. The van der Waals surface area contributed by atoms with Gasteiger partial charge in [-0.15, -0.1) is 0 Å². The number of carbonyl (C=O) groups is 3. The minimum atomic E-state index is -0.577. The minimum Gasteiger partial charge on any atom is -0.497 e. The average Bonchev–Trinajstić information content (AvgIpc) is 3.02. The van der Waals surface area contributed by atoms with Gasteiger partial charge in [-0.05, 0) is 96.9 Å². The molecule has 4 rings (SSSR count). The van der Waals surface area contributed by atoms with E-state index >= 15 is 0 Å². The Kier molecular flexibility index (Phi) is 10.7. The second-order valence-electron chi connectivity index (χ2n) is 8.91. The summed E-state index contributed by atoms with van der Waals surface area (Å²) in [5, 5.41) is 7.40. The zero-order valence-electron chi connectivity index (χ0n) is 23.4. The van der Waals surface area contributed by atoms with Gasteiger partial charge in [-0.1, -0.05) is 29.8 Å². The maximum absolute atomic E-state index is 12.7. The highest BCUT2D eigenvalue weighted by atomic mass is 35.5. The molecular formula is C33H28ClN3O6. The van der Waals surface area contributed by atoms with Crippen LogP contribution in [0.2, 0.25) is 5.02 Å². The number of nitrogens with zero attached hydrogens (tertiary/aromatic N) is 1. The standard InChI is InChI=1S/C33H28ClN3O6/c1-3-42-30-19-23(9-17-29(30)43-31(38)18-10-22-7-13-26(34)14-8-22)21-35-37-33(40)25-5-4-6-27(20-25)36-32(39)24-11-15-28(41-2)16-12-24/h4-21H,3H2,1-2H3,(H,36,39)(H,37,40)/b18-10+,35-21?. The number of esters is 1. The zero-order valence-corrected chi connectivity index (χ0v) is 24.1. The first-order valence-electron chi connectivity index (χ1n) is 13.2. The van der Waals surface area contributed by atoms with E-state index in [-0.39, 0.29) is 11.7 Å². The quantitative estimate of drug-likeness (QED) is 0.0681. The molecule has 43 heavy (non-hydrogen) atoms. The van der Waals surface area contributed by atoms with E-state index in [2.05, 4.69) is 15.8 Å². The molecule has 0 atom stereocenters. The number of methoxy groups -OCH3 is 1. The van der Waals surface area contributed by atoms with Crippen molar-refractivity contribution in [3.05, 3.63) is 124 Å². The monoisotopic (exact) mass is 597 g/mol. The SMILES string of the molecule is CCOc1cc(C=NNC(=O)c2cccc(NC(=O)c3ccc(OC)cc3)c2)ccc1OC(=O)/C=C/c1ccc(Cl)cc1. The molecule has 0 saturated carbocycles. The van der Waals surface area contributed by atoms with E-state index in [0.717, 1.165) is 5.56 Å². The molecule has 0 spiro atoms. The van der Waals surface area contributed by atoms with E-state index in [4.69, 9.17) is 25.8 Å². The van der Waals surface area contributed by atoms with Gasteiger partial charge >= 0.3 is 5.97 Å². The fourth-order valence-electron chi connectivity index (χ4n) is 3.75. The highest BCUT2D eigenvalue weighted by Crippen LogP contribution is 2.28. The van der Waals surface area contributed by atoms with E-state index in [1.54, 1.807) is 111 Å². The fraction of sp³-hybridized carbons (Fsp3) is 0.0909. The predicted molar refractivity (Wildman–Crippen MR) is 166 cm³/mol. The van der Waals surface area contributed by atoms with Crippen molar-refractivity contribution in [3.8, 4) is 17.2 Å². The van der Waals surface area contributed by atoms with Crippen molar-refractivity contribution in [1.29, 1.82) is 0 Å². The second kappa shape index (κ2) is 15.0. The maximum Gasteiger partial charge on any atom is 0.336 e. The zero-order chi connectivity index (χ0) is 30.6. The number of hydrogen-bond acceptors (Lipinski definition) is 7. The van der Waals surface area contributed by atoms with E-state index in [9.17, 15) is 14.4 Å². The van der Waals surface area contributed by atoms with Gasteiger partial charge in [0.15, 0.2) is 11.5 Å². The number of rotatable bonds is 11. The van der Waals surface area contributed by atoms with Crippen LogP contribution in [0.25, 0.3) is 6.08 Å². The Balaban J connectivity index is 1.36. The molecule has 4 aromatic rings. The summed E-state index contributed by atoms with van der Waals surface area (Å²) in [6.45, 7) is 2.15. The molecule has 0 aliphatic heterocycles. The van der Waals surface area contributed by atoms with Gasteiger partial charge < -0.3 is 19.5 Å². The molecule has 2 N–H and O–H groups in total. The highest BCUT2D eigenvalue weighted by molar-refractivity contribution is 6.30. The lowest BCUT2D eigenvalue weighted by Crippen LogP contribution is -2.18. The van der Waals surface area contributed by atoms with Crippen LogP contribution in [-0.2, 0) is 4.79 Å². The van der Waals surface area contributed by atoms with Crippen LogP contribution in [0.3, 0.4) is 0 Å². The maximum atomic E-state index is 12.7. The van der Waals surface area contributed by atoms with Crippen LogP contribution >= 0.6 is 11.6 Å². The Morgan fingerprint density at radius 2 is 1.58 bits per heavy atom. The molecular weight excluding hydrogens is 570 g/mol. The minimum absolute atomic E-state index is 0.238. The summed E-state index contributed by atoms with van der Waals surface area (Å²) in [4.78, 5) is 37.6. The average molecular weight is 598 g/mol. The Morgan fingerprint density at radius 1 is 0.837 bits per heavy atom. The summed E-state index contributed by atoms with van der Waals surface area (Å²) < 4.78 is 16.2. The topological polar surface area (TPSA) is 115 Å². The van der Waals surface area contributed by atoms with Crippen LogP contribution in [0, 0.1) is 0 Å². The number of carbonyl (C=O) groups excluding carboxylic acids is 3. The van der Waals surface area contributed by atoms with Crippen LogP contribution in [0.5, 0.6) is 17.2 Å². The third kappa shape index (κ3) is 9.04. The van der Waals surface area contributed by atoms with Crippen LogP contribution in [0.4, 0.5) is 5.69 Å². The summed E-state index contributed by atoms with van der Waals surface area (Å²) in [7, 11) is 1.55. The molecule has 0 radical (unpaired) electrons. The molecule has 0 aliphatic rings. The number of nitrogens with one attached hydrogen (secondary N) is 2. The van der Waals surface area contributed by atoms with Crippen molar-refractivity contribution in [2.75, 3.05) is 19.0 Å². The lowest BCUT2D eigenvalue weighted by atomic mass is 10.1. The first-order chi connectivity index (χ1) is 20.8. The summed E-state index contributed by atoms with van der Waals surface area (Å²) in [5.41, 5.74) is 5.06. The highest BCUT2D eigenvalue weighted by Gasteiger charge is 2.11. The number of halogens is 1. The molecule has 0 bridgehead atoms. The number of benzene rings is 4. The Morgan fingerprint density at radius 3 is 2.30 bits per heavy atom. The first-order valence-corrected chi connectivity index (χ1v) is 13.5. The van der Waals surface area contributed by atoms with Crippen LogP contribution in [-0.4, -0.2) is 37.7 Å². The molecule has 0 aliphatic carbocycles. The lowest BCUT2D eigenvalue weighted by molar-refractivity contribution is -0.129. The van der Waals surface area contributed by atoms with Crippen molar-refractivity contribution in [2.45, 2.75) is 6.92 Å². The smallest absolute Gasteiger partial charge is 0.336 e. The predicted octanol–water partition coefficient (Wildman–Crippen LogP) is 6.38. The van der Waals surface area contributed by atoms with Crippen molar-refractivity contribution < 1.29 is 28.6 Å². The Hall–Kier alpha value is -5.41. The van der Waals surface area contributed by atoms with Crippen LogP contribution < -0.4 is 25.0 Å². The molecule has 0 heterocycles. The van der Waals surface area contributed by atoms with Gasteiger partial charge in [0, 0.05) is 27.9 Å². The second-order valence-corrected chi connectivity index (χ2v) is 9.34. The number of hydrogen-bond donors (Lipinski definition) is 2. The first kappa shape index (κ1) is 30.5. The van der Waals surface area contributed by atoms with Crippen LogP contribution in [0.1, 0.15) is 38.8 Å². The molecule has 0 aromatic heterocycles. The molecule has 9 nitrogen and oxygen atoms in total. The number of anilines is 1. The Bertz CT molecular complexity index is 1650.